The number of carbonyl (C=O) groups is 2. The van der Waals surface area contributed by atoms with Crippen LogP contribution in [0.5, 0.6) is 5.75 Å². The van der Waals surface area contributed by atoms with E-state index in [0.29, 0.717) is 17.1 Å². The normalized spacial score (nSPS) is 15.8. The number of nitrogens with one attached hydrogen (secondary N) is 1. The number of amides is 2. The van der Waals surface area contributed by atoms with E-state index in [-0.39, 0.29) is 21.7 Å². The third-order valence-corrected chi connectivity index (χ3v) is 4.08. The van der Waals surface area contributed by atoms with Crippen LogP contribution in [0.15, 0.2) is 50.7 Å². The number of ether oxygens (including phenoxy) is 1. The number of alkyl halides is 3. The molecule has 1 aliphatic rings. The van der Waals surface area contributed by atoms with Crippen LogP contribution in [0.4, 0.5) is 13.2 Å². The molecule has 0 saturated carbocycles. The fraction of sp³-hybridized carbons (Fsp3) is 0.118. The SMILES string of the molecule is CC(=O)NC1=NC(=O)/C(=C\c2ccc(-c3ccc(OC(F)(F)F)cc3)o2)S1. The Morgan fingerprint density at radius 1 is 1.22 bits per heavy atom. The highest BCUT2D eigenvalue weighted by Crippen LogP contribution is 2.31. The number of aliphatic imine (C=N–C) groups is 1. The van der Waals surface area contributed by atoms with Crippen LogP contribution in [0.1, 0.15) is 12.7 Å². The highest BCUT2D eigenvalue weighted by atomic mass is 32.2. The van der Waals surface area contributed by atoms with E-state index in [4.69, 9.17) is 4.42 Å². The number of rotatable bonds is 3. The molecule has 2 amide bonds. The highest BCUT2D eigenvalue weighted by Gasteiger charge is 2.31. The summed E-state index contributed by atoms with van der Waals surface area (Å²) in [6, 6.07) is 8.41. The maximum Gasteiger partial charge on any atom is 0.573 e. The molecule has 10 heteroatoms. The maximum absolute atomic E-state index is 12.2. The van der Waals surface area contributed by atoms with Crippen LogP contribution in [0.25, 0.3) is 17.4 Å². The van der Waals surface area contributed by atoms with Gasteiger partial charge in [0.25, 0.3) is 5.91 Å². The van der Waals surface area contributed by atoms with E-state index in [1.807, 2.05) is 0 Å². The Bertz CT molecular complexity index is 946. The van der Waals surface area contributed by atoms with Crippen molar-refractivity contribution < 1.29 is 31.9 Å². The van der Waals surface area contributed by atoms with E-state index in [9.17, 15) is 22.8 Å². The zero-order chi connectivity index (χ0) is 19.6. The number of carbonyl (C=O) groups excluding carboxylic acids is 2. The van der Waals surface area contributed by atoms with E-state index in [2.05, 4.69) is 15.0 Å². The fourth-order valence-corrected chi connectivity index (χ4v) is 2.99. The Labute approximate surface area is 155 Å². The second-order valence-electron chi connectivity index (χ2n) is 5.29. The highest BCUT2D eigenvalue weighted by molar-refractivity contribution is 8.18. The van der Waals surface area contributed by atoms with Crippen molar-refractivity contribution in [3.63, 3.8) is 0 Å². The second kappa shape index (κ2) is 7.31. The molecular formula is C17H11F3N2O4S. The monoisotopic (exact) mass is 396 g/mol. The van der Waals surface area contributed by atoms with Crippen molar-refractivity contribution in [3.8, 4) is 17.1 Å². The second-order valence-corrected chi connectivity index (χ2v) is 6.32. The molecule has 2 aromatic rings. The molecule has 27 heavy (non-hydrogen) atoms. The summed E-state index contributed by atoms with van der Waals surface area (Å²) in [7, 11) is 0. The molecule has 1 aromatic carbocycles. The first-order chi connectivity index (χ1) is 12.7. The van der Waals surface area contributed by atoms with E-state index < -0.39 is 12.3 Å². The topological polar surface area (TPSA) is 80.9 Å². The van der Waals surface area contributed by atoms with Gasteiger partial charge < -0.3 is 14.5 Å². The fourth-order valence-electron chi connectivity index (χ4n) is 2.15. The van der Waals surface area contributed by atoms with E-state index >= 15 is 0 Å². The molecular weight excluding hydrogens is 385 g/mol. The summed E-state index contributed by atoms with van der Waals surface area (Å²) in [4.78, 5) is 26.8. The average molecular weight is 396 g/mol. The molecule has 3 rings (SSSR count). The van der Waals surface area contributed by atoms with Crippen LogP contribution in [-0.4, -0.2) is 23.3 Å². The molecule has 0 radical (unpaired) electrons. The van der Waals surface area contributed by atoms with E-state index in [1.54, 1.807) is 12.1 Å². The molecule has 6 nitrogen and oxygen atoms in total. The van der Waals surface area contributed by atoms with Crippen molar-refractivity contribution >= 4 is 34.8 Å². The summed E-state index contributed by atoms with van der Waals surface area (Å²) in [5.74, 6) is -0.422. The smallest absolute Gasteiger partial charge is 0.457 e. The van der Waals surface area contributed by atoms with Crippen molar-refractivity contribution in [3.05, 3.63) is 47.1 Å². The van der Waals surface area contributed by atoms with Crippen LogP contribution in [0.3, 0.4) is 0 Å². The molecule has 140 valence electrons. The van der Waals surface area contributed by atoms with Gasteiger partial charge in [-0.25, -0.2) is 0 Å². The zero-order valence-electron chi connectivity index (χ0n) is 13.7. The lowest BCUT2D eigenvalue weighted by Gasteiger charge is -2.08. The van der Waals surface area contributed by atoms with Crippen molar-refractivity contribution in [1.82, 2.24) is 5.32 Å². The van der Waals surface area contributed by atoms with Gasteiger partial charge in [-0.05, 0) is 48.2 Å². The van der Waals surface area contributed by atoms with Gasteiger partial charge >= 0.3 is 6.36 Å². The van der Waals surface area contributed by atoms with Crippen LogP contribution in [0, 0.1) is 0 Å². The van der Waals surface area contributed by atoms with Crippen molar-refractivity contribution in [2.75, 3.05) is 0 Å². The summed E-state index contributed by atoms with van der Waals surface area (Å²) >= 11 is 1.00. The van der Waals surface area contributed by atoms with Gasteiger partial charge in [-0.15, -0.1) is 13.2 Å². The Balaban J connectivity index is 1.72. The number of amidine groups is 1. The number of thioether (sulfide) groups is 1. The predicted octanol–water partition coefficient (Wildman–Crippen LogP) is 3.95. The summed E-state index contributed by atoms with van der Waals surface area (Å²) in [6.45, 7) is 1.30. The number of furan rings is 1. The molecule has 0 aliphatic carbocycles. The molecule has 1 aromatic heterocycles. The number of hydrogen-bond acceptors (Lipinski definition) is 5. The Hall–Kier alpha value is -3.01. The van der Waals surface area contributed by atoms with Gasteiger partial charge in [0, 0.05) is 18.6 Å². The summed E-state index contributed by atoms with van der Waals surface area (Å²) in [5.41, 5.74) is 0.537. The first-order valence-electron chi connectivity index (χ1n) is 7.46. The summed E-state index contributed by atoms with van der Waals surface area (Å²) in [5, 5.41) is 2.62. The molecule has 0 fully saturated rings. The number of hydrogen-bond donors (Lipinski definition) is 1. The van der Waals surface area contributed by atoms with Gasteiger partial charge in [0.1, 0.15) is 17.3 Å². The Morgan fingerprint density at radius 3 is 2.56 bits per heavy atom. The first-order valence-corrected chi connectivity index (χ1v) is 8.27. The number of halogens is 3. The number of benzene rings is 1. The molecule has 1 N–H and O–H groups in total. The minimum absolute atomic E-state index is 0.186. The lowest BCUT2D eigenvalue weighted by Crippen LogP contribution is -2.23. The largest absolute Gasteiger partial charge is 0.573 e. The van der Waals surface area contributed by atoms with Crippen molar-refractivity contribution in [2.24, 2.45) is 4.99 Å². The Kier molecular flexibility index (Phi) is 5.08. The molecule has 0 unspecified atom stereocenters. The van der Waals surface area contributed by atoms with E-state index in [1.165, 1.54) is 37.3 Å². The lowest BCUT2D eigenvalue weighted by atomic mass is 10.2. The van der Waals surface area contributed by atoms with Gasteiger partial charge in [-0.1, -0.05) is 0 Å². The standard InChI is InChI=1S/C17H11F3N2O4S/c1-9(23)21-16-22-15(24)14(27-16)8-12-6-7-13(25-12)10-2-4-11(5-3-10)26-17(18,19)20/h2-8H,1H3,(H,21,22,23,24)/b14-8+. The van der Waals surface area contributed by atoms with E-state index in [0.717, 1.165) is 11.8 Å². The molecule has 0 atom stereocenters. The van der Waals surface area contributed by atoms with Gasteiger partial charge in [0.15, 0.2) is 5.17 Å². The molecule has 0 saturated heterocycles. The van der Waals surface area contributed by atoms with Crippen LogP contribution in [0.2, 0.25) is 0 Å². The molecule has 1 aliphatic heterocycles. The van der Waals surface area contributed by atoms with Crippen LogP contribution in [-0.2, 0) is 9.59 Å². The zero-order valence-corrected chi connectivity index (χ0v) is 14.5. The maximum atomic E-state index is 12.2. The Morgan fingerprint density at radius 2 is 1.93 bits per heavy atom. The first kappa shape index (κ1) is 18.8. The third kappa shape index (κ3) is 5.00. The number of nitrogens with zero attached hydrogens (tertiary/aromatic N) is 1. The lowest BCUT2D eigenvalue weighted by molar-refractivity contribution is -0.274. The predicted molar refractivity (Wildman–Crippen MR) is 92.7 cm³/mol. The average Bonchev–Trinajstić information content (AvgIpc) is 3.14. The van der Waals surface area contributed by atoms with Crippen molar-refractivity contribution in [2.45, 2.75) is 13.3 Å². The van der Waals surface area contributed by atoms with Gasteiger partial charge in [-0.3, -0.25) is 9.59 Å². The summed E-state index contributed by atoms with van der Waals surface area (Å²) < 4.78 is 46.0. The third-order valence-electron chi connectivity index (χ3n) is 3.18. The quantitative estimate of drug-likeness (QED) is 0.795. The minimum Gasteiger partial charge on any atom is -0.457 e. The van der Waals surface area contributed by atoms with Crippen molar-refractivity contribution in [1.29, 1.82) is 0 Å². The van der Waals surface area contributed by atoms with Gasteiger partial charge in [0.2, 0.25) is 5.91 Å². The molecule has 0 spiro atoms. The molecule has 2 heterocycles. The summed E-state index contributed by atoms with van der Waals surface area (Å²) in [6.07, 6.45) is -3.29. The van der Waals surface area contributed by atoms with Crippen LogP contribution < -0.4 is 10.1 Å². The molecule has 0 bridgehead atoms. The van der Waals surface area contributed by atoms with Crippen LogP contribution >= 0.6 is 11.8 Å². The van der Waals surface area contributed by atoms with Gasteiger partial charge in [-0.2, -0.15) is 4.99 Å². The van der Waals surface area contributed by atoms with Gasteiger partial charge in [0.05, 0.1) is 4.91 Å². The minimum atomic E-state index is -4.75.